The molecule has 2 heterocycles. The third kappa shape index (κ3) is 3.84. The molecule has 0 atom stereocenters. The summed E-state index contributed by atoms with van der Waals surface area (Å²) in [5, 5.41) is 5.53. The third-order valence-corrected chi connectivity index (χ3v) is 5.23. The van der Waals surface area contributed by atoms with Crippen LogP contribution in [0.5, 0.6) is 0 Å². The van der Waals surface area contributed by atoms with Gasteiger partial charge in [0, 0.05) is 16.0 Å². The predicted octanol–water partition coefficient (Wildman–Crippen LogP) is 4.43. The van der Waals surface area contributed by atoms with Crippen molar-refractivity contribution in [3.8, 4) is 0 Å². The molecule has 0 bridgehead atoms. The zero-order valence-electron chi connectivity index (χ0n) is 14.6. The molecule has 2 aromatic carbocycles. The summed E-state index contributed by atoms with van der Waals surface area (Å²) in [5.41, 5.74) is 1.32. The van der Waals surface area contributed by atoms with E-state index in [1.54, 1.807) is 54.8 Å². The van der Waals surface area contributed by atoms with Gasteiger partial charge >= 0.3 is 0 Å². The standard InChI is InChI=1S/C21H15FN2O3S/c22-16-6-2-1-4-13(16)11-19-21(26)24-17-10-14(7-8-18(17)28-19)20(25)23-12-15-5-3-9-27-15/h1-11H,12H2,(H,23,25)(H,24,26)/b19-11+. The number of amides is 2. The summed E-state index contributed by atoms with van der Waals surface area (Å²) in [6.07, 6.45) is 3.06. The number of fused-ring (bicyclic) bond motifs is 1. The van der Waals surface area contributed by atoms with Crippen LogP contribution >= 0.6 is 11.8 Å². The number of benzene rings is 2. The van der Waals surface area contributed by atoms with E-state index in [0.29, 0.717) is 27.5 Å². The molecular formula is C21H15FN2O3S. The van der Waals surface area contributed by atoms with Crippen LogP contribution in [-0.4, -0.2) is 11.8 Å². The number of anilines is 1. The zero-order valence-corrected chi connectivity index (χ0v) is 15.4. The summed E-state index contributed by atoms with van der Waals surface area (Å²) in [4.78, 5) is 25.9. The lowest BCUT2D eigenvalue weighted by atomic mass is 10.1. The summed E-state index contributed by atoms with van der Waals surface area (Å²) in [6.45, 7) is 0.277. The van der Waals surface area contributed by atoms with Gasteiger partial charge in [-0.25, -0.2) is 4.39 Å². The Morgan fingerprint density at radius 1 is 1.18 bits per heavy atom. The third-order valence-electron chi connectivity index (χ3n) is 4.13. The Morgan fingerprint density at radius 2 is 2.04 bits per heavy atom. The molecule has 0 fully saturated rings. The average Bonchev–Trinajstić information content (AvgIpc) is 3.21. The maximum absolute atomic E-state index is 13.8. The van der Waals surface area contributed by atoms with Gasteiger partial charge in [-0.1, -0.05) is 30.0 Å². The van der Waals surface area contributed by atoms with Gasteiger partial charge in [0.25, 0.3) is 11.8 Å². The Hall–Kier alpha value is -3.32. The van der Waals surface area contributed by atoms with Crippen molar-refractivity contribution in [2.45, 2.75) is 11.4 Å². The van der Waals surface area contributed by atoms with Crippen molar-refractivity contribution in [2.75, 3.05) is 5.32 Å². The minimum Gasteiger partial charge on any atom is -0.467 e. The second-order valence-corrected chi connectivity index (χ2v) is 7.14. The van der Waals surface area contributed by atoms with Gasteiger partial charge in [0.05, 0.1) is 23.4 Å². The van der Waals surface area contributed by atoms with E-state index in [4.69, 9.17) is 4.42 Å². The maximum Gasteiger partial charge on any atom is 0.262 e. The van der Waals surface area contributed by atoms with Gasteiger partial charge in [0.15, 0.2) is 0 Å². The first kappa shape index (κ1) is 18.1. The second-order valence-electron chi connectivity index (χ2n) is 6.06. The van der Waals surface area contributed by atoms with Gasteiger partial charge in [-0.3, -0.25) is 9.59 Å². The summed E-state index contributed by atoms with van der Waals surface area (Å²) < 4.78 is 19.0. The smallest absolute Gasteiger partial charge is 0.262 e. The number of hydrogen-bond donors (Lipinski definition) is 2. The number of hydrogen-bond acceptors (Lipinski definition) is 4. The fourth-order valence-corrected chi connectivity index (χ4v) is 3.64. The van der Waals surface area contributed by atoms with Crippen LogP contribution in [0.25, 0.3) is 6.08 Å². The summed E-state index contributed by atoms with van der Waals surface area (Å²) in [7, 11) is 0. The lowest BCUT2D eigenvalue weighted by Crippen LogP contribution is -2.23. The molecular weight excluding hydrogens is 379 g/mol. The molecule has 0 unspecified atom stereocenters. The maximum atomic E-state index is 13.8. The van der Waals surface area contributed by atoms with Gasteiger partial charge in [0.2, 0.25) is 0 Å². The van der Waals surface area contributed by atoms with E-state index >= 15 is 0 Å². The van der Waals surface area contributed by atoms with Crippen molar-refractivity contribution < 1.29 is 18.4 Å². The highest BCUT2D eigenvalue weighted by atomic mass is 32.2. The molecule has 0 radical (unpaired) electrons. The highest BCUT2D eigenvalue weighted by Gasteiger charge is 2.22. The van der Waals surface area contributed by atoms with Crippen LogP contribution in [-0.2, 0) is 11.3 Å². The minimum absolute atomic E-state index is 0.272. The molecule has 1 aliphatic heterocycles. The Kier molecular flexibility index (Phi) is 4.99. The fraction of sp³-hybridized carbons (Fsp3) is 0.0476. The van der Waals surface area contributed by atoms with E-state index in [1.165, 1.54) is 23.9 Å². The van der Waals surface area contributed by atoms with Crippen LogP contribution in [0.15, 0.2) is 75.1 Å². The summed E-state index contributed by atoms with van der Waals surface area (Å²) >= 11 is 1.24. The van der Waals surface area contributed by atoms with Crippen LogP contribution in [0.1, 0.15) is 21.7 Å². The van der Waals surface area contributed by atoms with Crippen molar-refractivity contribution in [2.24, 2.45) is 0 Å². The average molecular weight is 394 g/mol. The van der Waals surface area contributed by atoms with E-state index in [2.05, 4.69) is 10.6 Å². The molecule has 7 heteroatoms. The number of nitrogens with one attached hydrogen (secondary N) is 2. The Morgan fingerprint density at radius 3 is 2.82 bits per heavy atom. The van der Waals surface area contributed by atoms with Gasteiger partial charge < -0.3 is 15.1 Å². The highest BCUT2D eigenvalue weighted by Crippen LogP contribution is 2.39. The minimum atomic E-state index is -0.391. The molecule has 28 heavy (non-hydrogen) atoms. The quantitative estimate of drug-likeness (QED) is 0.642. The normalized spacial score (nSPS) is 14.5. The Labute approximate surface area is 164 Å². The van der Waals surface area contributed by atoms with Gasteiger partial charge in [0.1, 0.15) is 11.6 Å². The monoisotopic (exact) mass is 394 g/mol. The van der Waals surface area contributed by atoms with E-state index in [9.17, 15) is 14.0 Å². The number of rotatable bonds is 4. The first-order chi connectivity index (χ1) is 13.6. The highest BCUT2D eigenvalue weighted by molar-refractivity contribution is 8.04. The molecule has 0 saturated carbocycles. The molecule has 0 spiro atoms. The van der Waals surface area contributed by atoms with Crippen LogP contribution in [0, 0.1) is 5.82 Å². The zero-order chi connectivity index (χ0) is 19.5. The Balaban J connectivity index is 1.52. The van der Waals surface area contributed by atoms with Crippen molar-refractivity contribution >= 4 is 35.3 Å². The summed E-state index contributed by atoms with van der Waals surface area (Å²) in [5.74, 6) is -0.351. The molecule has 4 rings (SSSR count). The molecule has 1 aromatic heterocycles. The van der Waals surface area contributed by atoms with Crippen LogP contribution in [0.4, 0.5) is 10.1 Å². The second kappa shape index (κ2) is 7.74. The predicted molar refractivity (Wildman–Crippen MR) is 105 cm³/mol. The molecule has 2 N–H and O–H groups in total. The number of furan rings is 1. The van der Waals surface area contributed by atoms with Crippen molar-refractivity contribution in [1.82, 2.24) is 5.32 Å². The number of carbonyl (C=O) groups excluding carboxylic acids is 2. The van der Waals surface area contributed by atoms with E-state index < -0.39 is 5.82 Å². The van der Waals surface area contributed by atoms with Crippen LogP contribution < -0.4 is 10.6 Å². The van der Waals surface area contributed by atoms with Gasteiger partial charge in [-0.15, -0.1) is 0 Å². The Bertz CT molecular complexity index is 1080. The van der Waals surface area contributed by atoms with Crippen molar-refractivity contribution in [1.29, 1.82) is 0 Å². The SMILES string of the molecule is O=C1Nc2cc(C(=O)NCc3ccco3)ccc2S/C1=C/c1ccccc1F. The molecule has 5 nitrogen and oxygen atoms in total. The van der Waals surface area contributed by atoms with Crippen LogP contribution in [0.2, 0.25) is 0 Å². The molecule has 0 saturated heterocycles. The number of thioether (sulfide) groups is 1. The lowest BCUT2D eigenvalue weighted by Gasteiger charge is -2.19. The topological polar surface area (TPSA) is 71.3 Å². The largest absolute Gasteiger partial charge is 0.467 e. The summed E-state index contributed by atoms with van der Waals surface area (Å²) in [6, 6.07) is 14.8. The van der Waals surface area contributed by atoms with Gasteiger partial charge in [-0.05, 0) is 42.5 Å². The van der Waals surface area contributed by atoms with Crippen LogP contribution in [0.3, 0.4) is 0 Å². The van der Waals surface area contributed by atoms with Crippen molar-refractivity contribution in [3.63, 3.8) is 0 Å². The molecule has 140 valence electrons. The van der Waals surface area contributed by atoms with Crippen molar-refractivity contribution in [3.05, 3.63) is 88.5 Å². The molecule has 0 aliphatic carbocycles. The molecule has 3 aromatic rings. The van der Waals surface area contributed by atoms with E-state index in [1.807, 2.05) is 0 Å². The first-order valence-electron chi connectivity index (χ1n) is 8.50. The number of halogens is 1. The molecule has 1 aliphatic rings. The molecule has 2 amide bonds. The lowest BCUT2D eigenvalue weighted by molar-refractivity contribution is -0.112. The number of carbonyl (C=O) groups is 2. The van der Waals surface area contributed by atoms with E-state index in [-0.39, 0.29) is 18.4 Å². The van der Waals surface area contributed by atoms with E-state index in [0.717, 1.165) is 4.90 Å². The fourth-order valence-electron chi connectivity index (χ4n) is 2.72. The van der Waals surface area contributed by atoms with Gasteiger partial charge in [-0.2, -0.15) is 0 Å². The first-order valence-corrected chi connectivity index (χ1v) is 9.32.